The molecule has 0 aliphatic rings. The number of nitrogens with one attached hydrogen (secondary N) is 1. The third kappa shape index (κ3) is 2.60. The molecule has 18 heavy (non-hydrogen) atoms. The van der Waals surface area contributed by atoms with Gasteiger partial charge in [0.15, 0.2) is 5.75 Å². The highest BCUT2D eigenvalue weighted by Crippen LogP contribution is 2.27. The first-order valence-corrected chi connectivity index (χ1v) is 5.39. The Labute approximate surface area is 104 Å². The summed E-state index contributed by atoms with van der Waals surface area (Å²) in [5, 5.41) is 10.9. The van der Waals surface area contributed by atoms with E-state index in [4.69, 9.17) is 4.74 Å². The predicted octanol–water partition coefficient (Wildman–Crippen LogP) is 2.15. The Morgan fingerprint density at radius 2 is 2.11 bits per heavy atom. The molecule has 0 saturated carbocycles. The van der Waals surface area contributed by atoms with Crippen LogP contribution in [0.15, 0.2) is 42.7 Å². The van der Waals surface area contributed by atoms with Gasteiger partial charge in [-0.25, -0.2) is 0 Å². The summed E-state index contributed by atoms with van der Waals surface area (Å²) in [5.74, 6) is 0.268. The lowest BCUT2D eigenvalue weighted by molar-refractivity contribution is -0.385. The Bertz CT molecular complexity index is 538. The molecule has 0 unspecified atom stereocenters. The van der Waals surface area contributed by atoms with Gasteiger partial charge < -0.3 is 10.2 Å². The standard InChI is InChI=1S/C12H13N3O3/c1-18-12-5-4-10(8-11(12)15(16)17)9-13-14-6-2-3-7-14/h2-8,13H,9H2,1H3. The van der Waals surface area contributed by atoms with E-state index in [9.17, 15) is 10.1 Å². The smallest absolute Gasteiger partial charge is 0.311 e. The van der Waals surface area contributed by atoms with Crippen molar-refractivity contribution in [1.29, 1.82) is 0 Å². The van der Waals surface area contributed by atoms with Crippen molar-refractivity contribution in [1.82, 2.24) is 4.68 Å². The molecule has 6 nitrogen and oxygen atoms in total. The van der Waals surface area contributed by atoms with Crippen molar-refractivity contribution >= 4 is 5.69 Å². The molecule has 0 saturated heterocycles. The summed E-state index contributed by atoms with van der Waals surface area (Å²) < 4.78 is 6.73. The zero-order valence-corrected chi connectivity index (χ0v) is 9.87. The molecule has 2 rings (SSSR count). The van der Waals surface area contributed by atoms with Gasteiger partial charge in [0, 0.05) is 18.5 Å². The lowest BCUT2D eigenvalue weighted by Crippen LogP contribution is -2.11. The summed E-state index contributed by atoms with van der Waals surface area (Å²) in [6.07, 6.45) is 3.72. The summed E-state index contributed by atoms with van der Waals surface area (Å²) >= 11 is 0. The fourth-order valence-corrected chi connectivity index (χ4v) is 1.61. The van der Waals surface area contributed by atoms with Crippen LogP contribution in [0.5, 0.6) is 5.75 Å². The zero-order valence-electron chi connectivity index (χ0n) is 9.87. The van der Waals surface area contributed by atoms with E-state index in [2.05, 4.69) is 5.43 Å². The molecule has 0 aliphatic heterocycles. The highest BCUT2D eigenvalue weighted by molar-refractivity contribution is 5.48. The van der Waals surface area contributed by atoms with E-state index >= 15 is 0 Å². The summed E-state index contributed by atoms with van der Waals surface area (Å²) in [6, 6.07) is 8.69. The van der Waals surface area contributed by atoms with Gasteiger partial charge in [0.05, 0.1) is 18.6 Å². The van der Waals surface area contributed by atoms with Crippen LogP contribution in [0.3, 0.4) is 0 Å². The number of hydrogen-bond acceptors (Lipinski definition) is 4. The third-order valence-electron chi connectivity index (χ3n) is 2.51. The average molecular weight is 247 g/mol. The van der Waals surface area contributed by atoms with Crippen molar-refractivity contribution < 1.29 is 9.66 Å². The number of ether oxygens (including phenoxy) is 1. The Morgan fingerprint density at radius 3 is 2.72 bits per heavy atom. The third-order valence-corrected chi connectivity index (χ3v) is 2.51. The molecule has 0 amide bonds. The van der Waals surface area contributed by atoms with Crippen LogP contribution in [-0.2, 0) is 6.54 Å². The van der Waals surface area contributed by atoms with E-state index in [1.54, 1.807) is 16.8 Å². The van der Waals surface area contributed by atoms with E-state index in [1.807, 2.05) is 24.5 Å². The highest BCUT2D eigenvalue weighted by Gasteiger charge is 2.14. The minimum Gasteiger partial charge on any atom is -0.490 e. The van der Waals surface area contributed by atoms with Crippen LogP contribution in [0.2, 0.25) is 0 Å². The lowest BCUT2D eigenvalue weighted by atomic mass is 10.2. The summed E-state index contributed by atoms with van der Waals surface area (Å²) in [5.41, 5.74) is 3.89. The van der Waals surface area contributed by atoms with Gasteiger partial charge in [0.25, 0.3) is 0 Å². The van der Waals surface area contributed by atoms with Gasteiger partial charge in [0.2, 0.25) is 0 Å². The van der Waals surface area contributed by atoms with Gasteiger partial charge in [-0.3, -0.25) is 14.8 Å². The number of rotatable bonds is 5. The predicted molar refractivity (Wildman–Crippen MR) is 67.1 cm³/mol. The second kappa shape index (κ2) is 5.22. The average Bonchev–Trinajstić information content (AvgIpc) is 2.89. The molecule has 0 aliphatic carbocycles. The number of nitrogens with zero attached hydrogens (tertiary/aromatic N) is 2. The molecule has 0 bridgehead atoms. The minimum absolute atomic E-state index is 0.0238. The second-order valence-corrected chi connectivity index (χ2v) is 3.69. The van der Waals surface area contributed by atoms with Crippen LogP contribution in [0.1, 0.15) is 5.56 Å². The first kappa shape index (κ1) is 12.0. The van der Waals surface area contributed by atoms with Gasteiger partial charge in [-0.05, 0) is 23.8 Å². The Morgan fingerprint density at radius 1 is 1.39 bits per heavy atom. The number of aromatic nitrogens is 1. The number of hydrogen-bond donors (Lipinski definition) is 1. The largest absolute Gasteiger partial charge is 0.490 e. The van der Waals surface area contributed by atoms with Gasteiger partial charge in [-0.2, -0.15) is 0 Å². The van der Waals surface area contributed by atoms with Gasteiger partial charge in [0.1, 0.15) is 0 Å². The molecule has 0 spiro atoms. The van der Waals surface area contributed by atoms with Crippen LogP contribution < -0.4 is 10.2 Å². The maximum atomic E-state index is 10.9. The molecular formula is C12H13N3O3. The van der Waals surface area contributed by atoms with Crippen LogP contribution in [0.4, 0.5) is 5.69 Å². The van der Waals surface area contributed by atoms with Gasteiger partial charge in [-0.15, -0.1) is 0 Å². The number of nitro benzene ring substituents is 1. The van der Waals surface area contributed by atoms with Crippen LogP contribution in [0.25, 0.3) is 0 Å². The van der Waals surface area contributed by atoms with Crippen molar-refractivity contribution in [2.24, 2.45) is 0 Å². The molecule has 1 N–H and O–H groups in total. The Hall–Kier alpha value is -2.50. The number of nitro groups is 1. The molecule has 6 heteroatoms. The maximum absolute atomic E-state index is 10.9. The highest BCUT2D eigenvalue weighted by atomic mass is 16.6. The van der Waals surface area contributed by atoms with Gasteiger partial charge in [-0.1, -0.05) is 6.07 Å². The second-order valence-electron chi connectivity index (χ2n) is 3.69. The first-order valence-electron chi connectivity index (χ1n) is 5.39. The van der Waals surface area contributed by atoms with Crippen molar-refractivity contribution in [2.75, 3.05) is 12.5 Å². The van der Waals surface area contributed by atoms with Crippen LogP contribution in [0, 0.1) is 10.1 Å². The summed E-state index contributed by atoms with van der Waals surface area (Å²) in [6.45, 7) is 0.500. The van der Waals surface area contributed by atoms with Crippen molar-refractivity contribution in [3.63, 3.8) is 0 Å². The number of methoxy groups -OCH3 is 1. The summed E-state index contributed by atoms with van der Waals surface area (Å²) in [4.78, 5) is 10.4. The SMILES string of the molecule is COc1ccc(CNn2cccc2)cc1[N+](=O)[O-]. The fourth-order valence-electron chi connectivity index (χ4n) is 1.61. The van der Waals surface area contributed by atoms with Crippen molar-refractivity contribution in [3.8, 4) is 5.75 Å². The molecule has 0 radical (unpaired) electrons. The van der Waals surface area contributed by atoms with E-state index in [1.165, 1.54) is 13.2 Å². The van der Waals surface area contributed by atoms with E-state index in [-0.39, 0.29) is 11.4 Å². The maximum Gasteiger partial charge on any atom is 0.311 e. The van der Waals surface area contributed by atoms with E-state index in [0.717, 1.165) is 5.56 Å². The van der Waals surface area contributed by atoms with Crippen LogP contribution >= 0.6 is 0 Å². The quantitative estimate of drug-likeness (QED) is 0.649. The Balaban J connectivity index is 2.14. The topological polar surface area (TPSA) is 69.3 Å². The van der Waals surface area contributed by atoms with Crippen molar-refractivity contribution in [2.45, 2.75) is 6.54 Å². The first-order chi connectivity index (χ1) is 8.70. The fraction of sp³-hybridized carbons (Fsp3) is 0.167. The molecule has 1 heterocycles. The normalized spacial score (nSPS) is 10.1. The van der Waals surface area contributed by atoms with Gasteiger partial charge >= 0.3 is 5.69 Å². The molecule has 1 aromatic heterocycles. The Kier molecular flexibility index (Phi) is 3.47. The van der Waals surface area contributed by atoms with Crippen molar-refractivity contribution in [3.05, 3.63) is 58.4 Å². The molecule has 1 aromatic carbocycles. The number of benzene rings is 1. The molecule has 0 fully saturated rings. The zero-order chi connectivity index (χ0) is 13.0. The molecule has 0 atom stereocenters. The summed E-state index contributed by atoms with van der Waals surface area (Å²) in [7, 11) is 1.42. The monoisotopic (exact) mass is 247 g/mol. The lowest BCUT2D eigenvalue weighted by Gasteiger charge is -2.08. The molecule has 2 aromatic rings. The minimum atomic E-state index is -0.446. The van der Waals surface area contributed by atoms with Crippen LogP contribution in [-0.4, -0.2) is 16.7 Å². The van der Waals surface area contributed by atoms with E-state index < -0.39 is 4.92 Å². The molecular weight excluding hydrogens is 234 g/mol. The molecule has 94 valence electrons. The van der Waals surface area contributed by atoms with E-state index in [0.29, 0.717) is 6.54 Å².